The average molecular weight is 408 g/mol. The van der Waals surface area contributed by atoms with E-state index in [0.29, 0.717) is 6.54 Å². The summed E-state index contributed by atoms with van der Waals surface area (Å²) in [5, 5.41) is 16.2. The number of rotatable bonds is 6. The van der Waals surface area contributed by atoms with Crippen molar-refractivity contribution in [2.24, 2.45) is 10.4 Å². The van der Waals surface area contributed by atoms with Crippen LogP contribution < -0.4 is 10.6 Å². The number of imidazole rings is 1. The molecule has 3 aromatic rings. The first kappa shape index (κ1) is 20.2. The van der Waals surface area contributed by atoms with Gasteiger partial charge in [0.15, 0.2) is 11.9 Å². The van der Waals surface area contributed by atoms with Gasteiger partial charge in [-0.05, 0) is 37.3 Å². The largest absolute Gasteiger partial charge is 0.396 e. The van der Waals surface area contributed by atoms with Gasteiger partial charge in [0.1, 0.15) is 5.82 Å². The number of hydrogen-bond acceptors (Lipinski definition) is 6. The third-order valence-corrected chi connectivity index (χ3v) is 5.06. The van der Waals surface area contributed by atoms with Crippen LogP contribution in [0.3, 0.4) is 0 Å². The Kier molecular flexibility index (Phi) is 5.36. The van der Waals surface area contributed by atoms with Crippen LogP contribution in [0, 0.1) is 18.2 Å². The highest BCUT2D eigenvalue weighted by atomic mass is 19.1. The van der Waals surface area contributed by atoms with E-state index in [1.165, 1.54) is 12.1 Å². The quantitative estimate of drug-likeness (QED) is 0.584. The summed E-state index contributed by atoms with van der Waals surface area (Å²) in [6, 6.07) is 6.31. The van der Waals surface area contributed by atoms with E-state index in [4.69, 9.17) is 4.98 Å². The molecule has 2 aromatic heterocycles. The number of aliphatic hydroxyl groups is 1. The number of hydrogen-bond donors (Lipinski definition) is 3. The standard InChI is InChI=1S/C22H25FN6O/c1-14-20-28-18(15-4-6-16(23)7-5-15)19(29(20)11-10-24-14)17-8-9-25-21(27-17)26-12-22(2,3)13-30/h4-11,21,26-27,30H,12-13H2,1-3H3. The molecule has 1 atom stereocenters. The van der Waals surface area contributed by atoms with Crippen molar-refractivity contribution < 1.29 is 9.50 Å². The van der Waals surface area contributed by atoms with Gasteiger partial charge in [0, 0.05) is 42.7 Å². The van der Waals surface area contributed by atoms with Crippen LogP contribution in [0.15, 0.2) is 47.7 Å². The van der Waals surface area contributed by atoms with Gasteiger partial charge >= 0.3 is 0 Å². The van der Waals surface area contributed by atoms with Crippen molar-refractivity contribution in [3.8, 4) is 11.3 Å². The van der Waals surface area contributed by atoms with Gasteiger partial charge in [0.25, 0.3) is 0 Å². The smallest absolute Gasteiger partial charge is 0.173 e. The Hall–Kier alpha value is -3.10. The van der Waals surface area contributed by atoms with Gasteiger partial charge in [0.05, 0.1) is 22.8 Å². The van der Waals surface area contributed by atoms with E-state index >= 15 is 0 Å². The highest BCUT2D eigenvalue weighted by molar-refractivity contribution is 5.89. The molecule has 1 aliphatic rings. The lowest BCUT2D eigenvalue weighted by molar-refractivity contribution is 0.152. The highest BCUT2D eigenvalue weighted by Crippen LogP contribution is 2.30. The maximum Gasteiger partial charge on any atom is 0.173 e. The number of benzene rings is 1. The number of halogens is 1. The predicted octanol–water partition coefficient (Wildman–Crippen LogP) is 2.75. The minimum absolute atomic E-state index is 0.0768. The van der Waals surface area contributed by atoms with Crippen molar-refractivity contribution in [3.63, 3.8) is 0 Å². The Morgan fingerprint density at radius 2 is 2.03 bits per heavy atom. The monoisotopic (exact) mass is 408 g/mol. The first-order valence-corrected chi connectivity index (χ1v) is 9.82. The first-order valence-electron chi connectivity index (χ1n) is 9.82. The Labute approximate surface area is 174 Å². The second-order valence-electron chi connectivity index (χ2n) is 8.15. The van der Waals surface area contributed by atoms with Crippen molar-refractivity contribution in [2.75, 3.05) is 13.2 Å². The van der Waals surface area contributed by atoms with Crippen LogP contribution in [0.25, 0.3) is 22.6 Å². The fourth-order valence-electron chi connectivity index (χ4n) is 3.29. The molecule has 0 bridgehead atoms. The van der Waals surface area contributed by atoms with Crippen molar-refractivity contribution in [3.05, 3.63) is 59.9 Å². The molecule has 3 heterocycles. The number of aliphatic imine (C=N–C) groups is 1. The van der Waals surface area contributed by atoms with Gasteiger partial charge in [-0.25, -0.2) is 9.37 Å². The third-order valence-electron chi connectivity index (χ3n) is 5.06. The Morgan fingerprint density at radius 1 is 1.27 bits per heavy atom. The molecular formula is C22H25FN6O. The normalized spacial score (nSPS) is 16.6. The topological polar surface area (TPSA) is 86.8 Å². The van der Waals surface area contributed by atoms with E-state index in [1.807, 2.05) is 37.4 Å². The lowest BCUT2D eigenvalue weighted by Gasteiger charge is -2.27. The van der Waals surface area contributed by atoms with E-state index in [1.54, 1.807) is 24.5 Å². The molecule has 8 heteroatoms. The van der Waals surface area contributed by atoms with Gasteiger partial charge in [-0.15, -0.1) is 0 Å². The van der Waals surface area contributed by atoms with Crippen molar-refractivity contribution >= 4 is 17.6 Å². The predicted molar refractivity (Wildman–Crippen MR) is 115 cm³/mol. The van der Waals surface area contributed by atoms with E-state index < -0.39 is 0 Å². The van der Waals surface area contributed by atoms with E-state index in [0.717, 1.165) is 34.0 Å². The van der Waals surface area contributed by atoms with Gasteiger partial charge in [-0.1, -0.05) is 13.8 Å². The first-order chi connectivity index (χ1) is 14.4. The number of allylic oxidation sites excluding steroid dienone is 1. The minimum atomic E-state index is -0.342. The van der Waals surface area contributed by atoms with Crippen molar-refractivity contribution in [1.29, 1.82) is 0 Å². The summed E-state index contributed by atoms with van der Waals surface area (Å²) >= 11 is 0. The van der Waals surface area contributed by atoms with Crippen LogP contribution in [0.4, 0.5) is 4.39 Å². The van der Waals surface area contributed by atoms with E-state index in [9.17, 15) is 9.50 Å². The third kappa shape index (κ3) is 3.96. The van der Waals surface area contributed by atoms with Crippen molar-refractivity contribution in [2.45, 2.75) is 27.1 Å². The van der Waals surface area contributed by atoms with Gasteiger partial charge in [-0.2, -0.15) is 0 Å². The molecule has 0 amide bonds. The molecule has 0 saturated carbocycles. The summed E-state index contributed by atoms with van der Waals surface area (Å²) < 4.78 is 15.5. The molecular weight excluding hydrogens is 383 g/mol. The van der Waals surface area contributed by atoms with E-state index in [-0.39, 0.29) is 24.1 Å². The zero-order valence-corrected chi connectivity index (χ0v) is 17.2. The fourth-order valence-corrected chi connectivity index (χ4v) is 3.29. The van der Waals surface area contributed by atoms with Crippen LogP contribution in [-0.2, 0) is 0 Å². The van der Waals surface area contributed by atoms with Crippen LogP contribution >= 0.6 is 0 Å². The molecule has 3 N–H and O–H groups in total. The summed E-state index contributed by atoms with van der Waals surface area (Å²) in [7, 11) is 0. The van der Waals surface area contributed by atoms with Crippen LogP contribution in [0.2, 0.25) is 0 Å². The molecule has 0 spiro atoms. The molecule has 1 aliphatic heterocycles. The Balaban J connectivity index is 1.73. The summed E-state index contributed by atoms with van der Waals surface area (Å²) in [5.41, 5.74) is 4.51. The van der Waals surface area contributed by atoms with Gasteiger partial charge in [0.2, 0.25) is 0 Å². The molecule has 4 rings (SSSR count). The second-order valence-corrected chi connectivity index (χ2v) is 8.15. The molecule has 1 aromatic carbocycles. The maximum atomic E-state index is 13.5. The maximum absolute atomic E-state index is 13.5. The molecule has 0 radical (unpaired) electrons. The Morgan fingerprint density at radius 3 is 2.77 bits per heavy atom. The molecule has 30 heavy (non-hydrogen) atoms. The van der Waals surface area contributed by atoms with Crippen LogP contribution in [-0.4, -0.2) is 45.1 Å². The number of nitrogens with zero attached hydrogens (tertiary/aromatic N) is 4. The number of fused-ring (bicyclic) bond motifs is 1. The highest BCUT2D eigenvalue weighted by Gasteiger charge is 2.24. The Bertz CT molecular complexity index is 1120. The number of aryl methyl sites for hydroxylation is 1. The molecule has 0 aliphatic carbocycles. The fraction of sp³-hybridized carbons (Fsp3) is 0.318. The number of nitrogens with one attached hydrogen (secondary N) is 2. The molecule has 1 unspecified atom stereocenters. The number of aromatic nitrogens is 3. The number of aliphatic hydroxyl groups excluding tert-OH is 1. The lowest BCUT2D eigenvalue weighted by Crippen LogP contribution is -2.46. The molecule has 0 saturated heterocycles. The van der Waals surface area contributed by atoms with Crippen LogP contribution in [0.1, 0.15) is 25.2 Å². The summed E-state index contributed by atoms with van der Waals surface area (Å²) in [6.07, 6.45) is 6.89. The lowest BCUT2D eigenvalue weighted by atomic mass is 9.95. The molecule has 7 nitrogen and oxygen atoms in total. The molecule has 0 fully saturated rings. The van der Waals surface area contributed by atoms with Crippen molar-refractivity contribution in [1.82, 2.24) is 25.0 Å². The average Bonchev–Trinajstić information content (AvgIpc) is 3.14. The zero-order chi connectivity index (χ0) is 21.3. The van der Waals surface area contributed by atoms with Crippen LogP contribution in [0.5, 0.6) is 0 Å². The summed E-state index contributed by atoms with van der Waals surface area (Å²) in [4.78, 5) is 13.6. The molecule has 156 valence electrons. The summed E-state index contributed by atoms with van der Waals surface area (Å²) in [6.45, 7) is 6.54. The minimum Gasteiger partial charge on any atom is -0.396 e. The van der Waals surface area contributed by atoms with Gasteiger partial charge < -0.3 is 10.4 Å². The zero-order valence-electron chi connectivity index (χ0n) is 17.2. The van der Waals surface area contributed by atoms with Gasteiger partial charge in [-0.3, -0.25) is 19.7 Å². The van der Waals surface area contributed by atoms with E-state index in [2.05, 4.69) is 20.6 Å². The second kappa shape index (κ2) is 7.97. The SMILES string of the molecule is Cc1nccn2c(C3=CC=NC(NCC(C)(C)CO)N3)c(-c3ccc(F)cc3)nc12. The summed E-state index contributed by atoms with van der Waals surface area (Å²) in [5.74, 6) is -0.292.